The van der Waals surface area contributed by atoms with E-state index in [4.69, 9.17) is 14.2 Å². The van der Waals surface area contributed by atoms with Crippen LogP contribution in [0.4, 0.5) is 0 Å². The fourth-order valence-corrected chi connectivity index (χ4v) is 4.66. The van der Waals surface area contributed by atoms with Gasteiger partial charge in [-0.3, -0.25) is 14.5 Å². The van der Waals surface area contributed by atoms with Crippen LogP contribution in [0.2, 0.25) is 0 Å². The summed E-state index contributed by atoms with van der Waals surface area (Å²) in [5.41, 5.74) is 1.85. The van der Waals surface area contributed by atoms with Crippen molar-refractivity contribution in [1.82, 2.24) is 4.90 Å². The number of methoxy groups -OCH3 is 2. The van der Waals surface area contributed by atoms with Crippen LogP contribution >= 0.6 is 0 Å². The van der Waals surface area contributed by atoms with E-state index in [9.17, 15) is 14.4 Å². The first-order chi connectivity index (χ1) is 14.0. The molecule has 2 aliphatic rings. The molecule has 0 saturated carbocycles. The highest BCUT2D eigenvalue weighted by Crippen LogP contribution is 2.48. The van der Waals surface area contributed by atoms with Crippen molar-refractivity contribution in [1.29, 1.82) is 0 Å². The third-order valence-corrected chi connectivity index (χ3v) is 5.78. The minimum atomic E-state index is -0.732. The lowest BCUT2D eigenvalue weighted by Gasteiger charge is -2.37. The largest absolute Gasteiger partial charge is 0.469 e. The Balaban J connectivity index is 2.04. The van der Waals surface area contributed by atoms with Crippen LogP contribution in [0.25, 0.3) is 0 Å². The van der Waals surface area contributed by atoms with Crippen LogP contribution in [-0.4, -0.2) is 55.7 Å². The van der Waals surface area contributed by atoms with E-state index in [1.165, 1.54) is 20.3 Å². The first kappa shape index (κ1) is 21.0. The molecule has 2 aliphatic heterocycles. The van der Waals surface area contributed by atoms with Gasteiger partial charge in [0.2, 0.25) is 0 Å². The van der Waals surface area contributed by atoms with Gasteiger partial charge in [-0.15, -0.1) is 0 Å². The van der Waals surface area contributed by atoms with Gasteiger partial charge in [-0.1, -0.05) is 30.3 Å². The highest BCUT2D eigenvalue weighted by atomic mass is 16.5. The molecule has 2 bridgehead atoms. The molecule has 29 heavy (non-hydrogen) atoms. The van der Waals surface area contributed by atoms with Gasteiger partial charge < -0.3 is 14.2 Å². The second-order valence-corrected chi connectivity index (χ2v) is 7.28. The molecule has 2 heterocycles. The maximum atomic E-state index is 12.7. The molecule has 0 amide bonds. The number of piperidine rings is 1. The van der Waals surface area contributed by atoms with Crippen molar-refractivity contribution >= 4 is 17.9 Å². The van der Waals surface area contributed by atoms with Crippen LogP contribution in [0.5, 0.6) is 0 Å². The molecule has 0 N–H and O–H groups in total. The molecule has 2 saturated heterocycles. The third-order valence-electron chi connectivity index (χ3n) is 5.78. The molecule has 156 valence electrons. The van der Waals surface area contributed by atoms with E-state index in [1.807, 2.05) is 30.3 Å². The highest BCUT2D eigenvalue weighted by molar-refractivity contribution is 5.87. The molecule has 0 aromatic heterocycles. The quantitative estimate of drug-likeness (QED) is 0.410. The molecule has 0 aliphatic carbocycles. The number of nitrogens with zero attached hydrogens (tertiary/aromatic N) is 1. The summed E-state index contributed by atoms with van der Waals surface area (Å²) in [6, 6.07) is 9.25. The normalized spacial score (nSPS) is 27.5. The van der Waals surface area contributed by atoms with Crippen LogP contribution in [0.15, 0.2) is 42.0 Å². The van der Waals surface area contributed by atoms with E-state index in [0.717, 1.165) is 11.1 Å². The Labute approximate surface area is 170 Å². The zero-order chi connectivity index (χ0) is 21.0. The maximum absolute atomic E-state index is 12.7. The standard InChI is InChI=1S/C22H27NO6/c1-4-29-17(24)12-15-10-11-16-18(21(25)27-2)19(22(26)28-3)20(15)23(16)13-14-8-6-5-7-9-14/h5-9,12,16,18-20H,4,10-11,13H2,1-3H3/b15-12-/t16-,18-,19+,20+/m0/s1. The van der Waals surface area contributed by atoms with Crippen LogP contribution in [-0.2, 0) is 35.1 Å². The number of esters is 3. The van der Waals surface area contributed by atoms with E-state index in [0.29, 0.717) is 19.4 Å². The minimum absolute atomic E-state index is 0.170. The predicted molar refractivity (Wildman–Crippen MR) is 105 cm³/mol. The Hall–Kier alpha value is -2.67. The molecule has 4 atom stereocenters. The maximum Gasteiger partial charge on any atom is 0.330 e. The Kier molecular flexibility index (Phi) is 6.69. The number of carbonyl (C=O) groups excluding carboxylic acids is 3. The summed E-state index contributed by atoms with van der Waals surface area (Å²) in [7, 11) is 2.64. The van der Waals surface area contributed by atoms with E-state index in [1.54, 1.807) is 6.92 Å². The monoisotopic (exact) mass is 401 g/mol. The lowest BCUT2D eigenvalue weighted by atomic mass is 9.86. The summed E-state index contributed by atoms with van der Waals surface area (Å²) < 4.78 is 15.2. The summed E-state index contributed by atoms with van der Waals surface area (Å²) in [6.07, 6.45) is 2.72. The van der Waals surface area contributed by atoms with Gasteiger partial charge in [-0.25, -0.2) is 4.79 Å². The van der Waals surface area contributed by atoms with Gasteiger partial charge in [0.1, 0.15) is 0 Å². The zero-order valence-corrected chi connectivity index (χ0v) is 17.0. The Bertz CT molecular complexity index is 790. The van der Waals surface area contributed by atoms with E-state index in [2.05, 4.69) is 4.90 Å². The van der Waals surface area contributed by atoms with Crippen molar-refractivity contribution in [3.05, 3.63) is 47.5 Å². The first-order valence-electron chi connectivity index (χ1n) is 9.84. The van der Waals surface area contributed by atoms with Crippen molar-refractivity contribution in [3.8, 4) is 0 Å². The molecule has 7 heteroatoms. The molecular formula is C22H27NO6. The van der Waals surface area contributed by atoms with Crippen molar-refractivity contribution in [2.75, 3.05) is 20.8 Å². The lowest BCUT2D eigenvalue weighted by molar-refractivity contribution is -0.156. The SMILES string of the molecule is CCOC(=O)/C=C1/CC[C@H]2[C@H](C(=O)OC)[C@@H](C(=O)OC)[C@@H]1N2Cc1ccccc1. The van der Waals surface area contributed by atoms with E-state index < -0.39 is 35.8 Å². The van der Waals surface area contributed by atoms with Gasteiger partial charge in [-0.05, 0) is 30.9 Å². The molecule has 1 aromatic rings. The Morgan fingerprint density at radius 1 is 1.07 bits per heavy atom. The van der Waals surface area contributed by atoms with E-state index in [-0.39, 0.29) is 12.6 Å². The van der Waals surface area contributed by atoms with Crippen molar-refractivity contribution in [2.45, 2.75) is 38.4 Å². The van der Waals surface area contributed by atoms with Crippen LogP contribution < -0.4 is 0 Å². The molecular weight excluding hydrogens is 374 g/mol. The van der Waals surface area contributed by atoms with Gasteiger partial charge in [0.15, 0.2) is 0 Å². The van der Waals surface area contributed by atoms with Crippen LogP contribution in [0.1, 0.15) is 25.3 Å². The summed E-state index contributed by atoms with van der Waals surface area (Å²) >= 11 is 0. The minimum Gasteiger partial charge on any atom is -0.469 e. The average molecular weight is 401 g/mol. The number of hydrogen-bond donors (Lipinski definition) is 0. The predicted octanol–water partition coefficient (Wildman–Crippen LogP) is 2.10. The number of fused-ring (bicyclic) bond motifs is 2. The number of benzene rings is 1. The van der Waals surface area contributed by atoms with Crippen molar-refractivity contribution in [3.63, 3.8) is 0 Å². The number of hydrogen-bond acceptors (Lipinski definition) is 7. The summed E-state index contributed by atoms with van der Waals surface area (Å²) in [5, 5.41) is 0. The first-order valence-corrected chi connectivity index (χ1v) is 9.84. The van der Waals surface area contributed by atoms with Crippen LogP contribution in [0, 0.1) is 11.8 Å². The molecule has 2 fully saturated rings. The fourth-order valence-electron chi connectivity index (χ4n) is 4.66. The molecule has 7 nitrogen and oxygen atoms in total. The molecule has 1 aromatic carbocycles. The van der Waals surface area contributed by atoms with E-state index >= 15 is 0 Å². The second kappa shape index (κ2) is 9.22. The highest BCUT2D eigenvalue weighted by Gasteiger charge is 2.59. The Morgan fingerprint density at radius 3 is 2.34 bits per heavy atom. The van der Waals surface area contributed by atoms with Crippen molar-refractivity contribution < 1.29 is 28.6 Å². The molecule has 0 unspecified atom stereocenters. The van der Waals surface area contributed by atoms with Gasteiger partial charge in [0.05, 0.1) is 32.7 Å². The zero-order valence-electron chi connectivity index (χ0n) is 17.0. The van der Waals surface area contributed by atoms with Gasteiger partial charge in [0.25, 0.3) is 0 Å². The smallest absolute Gasteiger partial charge is 0.330 e. The number of ether oxygens (including phenoxy) is 3. The number of carbonyl (C=O) groups is 3. The number of rotatable bonds is 6. The Morgan fingerprint density at radius 2 is 1.72 bits per heavy atom. The topological polar surface area (TPSA) is 82.1 Å². The summed E-state index contributed by atoms with van der Waals surface area (Å²) in [6.45, 7) is 2.57. The third kappa shape index (κ3) is 4.19. The molecule has 0 spiro atoms. The average Bonchev–Trinajstić information content (AvgIpc) is 2.94. The molecule has 0 radical (unpaired) electrons. The molecule has 3 rings (SSSR count). The lowest BCUT2D eigenvalue weighted by Crippen LogP contribution is -2.43. The van der Waals surface area contributed by atoms with Crippen molar-refractivity contribution in [2.24, 2.45) is 11.8 Å². The van der Waals surface area contributed by atoms with Gasteiger partial charge >= 0.3 is 17.9 Å². The summed E-state index contributed by atoms with van der Waals surface area (Å²) in [4.78, 5) is 39.7. The van der Waals surface area contributed by atoms with Crippen LogP contribution in [0.3, 0.4) is 0 Å². The second-order valence-electron chi connectivity index (χ2n) is 7.28. The fraction of sp³-hybridized carbons (Fsp3) is 0.500. The van der Waals surface area contributed by atoms with Gasteiger partial charge in [-0.2, -0.15) is 0 Å². The van der Waals surface area contributed by atoms with Gasteiger partial charge in [0, 0.05) is 24.7 Å². The summed E-state index contributed by atoms with van der Waals surface area (Å²) in [5.74, 6) is -2.71.